The Balaban J connectivity index is 1.44. The van der Waals surface area contributed by atoms with E-state index in [1.54, 1.807) is 6.26 Å². The smallest absolute Gasteiger partial charge is 0.117 e. The molecule has 4 heteroatoms. The lowest BCUT2D eigenvalue weighted by Gasteiger charge is -2.32. The van der Waals surface area contributed by atoms with E-state index in [9.17, 15) is 0 Å². The number of piperidine rings is 1. The quantitative estimate of drug-likeness (QED) is 0.921. The number of nitrogens with zero attached hydrogens (tertiary/aromatic N) is 2. The fourth-order valence-corrected chi connectivity index (χ4v) is 2.95. The highest BCUT2D eigenvalue weighted by Crippen LogP contribution is 2.15. The summed E-state index contributed by atoms with van der Waals surface area (Å²) in [7, 11) is 0. The first-order valence-electron chi connectivity index (χ1n) is 7.80. The van der Waals surface area contributed by atoms with Gasteiger partial charge in [0.05, 0.1) is 24.4 Å². The molecule has 4 nitrogen and oxygen atoms in total. The van der Waals surface area contributed by atoms with Crippen molar-refractivity contribution in [3.8, 4) is 6.07 Å². The van der Waals surface area contributed by atoms with Crippen molar-refractivity contribution in [2.45, 2.75) is 32.0 Å². The van der Waals surface area contributed by atoms with Crippen LogP contribution in [0.25, 0.3) is 0 Å². The van der Waals surface area contributed by atoms with Gasteiger partial charge < -0.3 is 9.73 Å². The van der Waals surface area contributed by atoms with Gasteiger partial charge in [0.15, 0.2) is 0 Å². The van der Waals surface area contributed by atoms with Crippen LogP contribution in [0.2, 0.25) is 0 Å². The molecule has 114 valence electrons. The van der Waals surface area contributed by atoms with Crippen LogP contribution in [0.4, 0.5) is 0 Å². The third-order valence-corrected chi connectivity index (χ3v) is 4.19. The van der Waals surface area contributed by atoms with Crippen LogP contribution in [-0.2, 0) is 13.1 Å². The first-order chi connectivity index (χ1) is 10.8. The van der Waals surface area contributed by atoms with Crippen molar-refractivity contribution in [2.24, 2.45) is 0 Å². The summed E-state index contributed by atoms with van der Waals surface area (Å²) in [5, 5.41) is 12.5. The van der Waals surface area contributed by atoms with Gasteiger partial charge in [0.25, 0.3) is 0 Å². The highest BCUT2D eigenvalue weighted by Gasteiger charge is 2.19. The molecule has 0 unspecified atom stereocenters. The van der Waals surface area contributed by atoms with Gasteiger partial charge in [-0.1, -0.05) is 12.1 Å². The first kappa shape index (κ1) is 14.8. The molecule has 1 N–H and O–H groups in total. The second-order valence-electron chi connectivity index (χ2n) is 5.82. The zero-order valence-corrected chi connectivity index (χ0v) is 12.7. The number of nitrogens with one attached hydrogen (secondary N) is 1. The second-order valence-corrected chi connectivity index (χ2v) is 5.82. The number of furan rings is 1. The number of rotatable bonds is 5. The maximum absolute atomic E-state index is 8.96. The van der Waals surface area contributed by atoms with Crippen molar-refractivity contribution < 1.29 is 4.42 Å². The van der Waals surface area contributed by atoms with Crippen LogP contribution in [0.1, 0.15) is 29.7 Å². The van der Waals surface area contributed by atoms with E-state index in [0.717, 1.165) is 50.3 Å². The topological polar surface area (TPSA) is 52.2 Å². The van der Waals surface area contributed by atoms with Gasteiger partial charge in [-0.05, 0) is 55.8 Å². The Morgan fingerprint density at radius 3 is 2.82 bits per heavy atom. The standard InChI is InChI=1S/C18H21N3O/c19-12-15-3-1-4-16(11-15)14-21-8-6-17(7-9-21)20-13-18-5-2-10-22-18/h1-5,10-11,17,20H,6-9,13-14H2. The molecule has 1 saturated heterocycles. The minimum absolute atomic E-state index is 0.562. The number of hydrogen-bond acceptors (Lipinski definition) is 4. The summed E-state index contributed by atoms with van der Waals surface area (Å²) < 4.78 is 5.35. The second kappa shape index (κ2) is 7.26. The maximum Gasteiger partial charge on any atom is 0.117 e. The van der Waals surface area contributed by atoms with Crippen molar-refractivity contribution >= 4 is 0 Å². The van der Waals surface area contributed by atoms with Crippen molar-refractivity contribution in [2.75, 3.05) is 13.1 Å². The number of hydrogen-bond donors (Lipinski definition) is 1. The van der Waals surface area contributed by atoms with Gasteiger partial charge in [0.1, 0.15) is 5.76 Å². The predicted molar refractivity (Wildman–Crippen MR) is 85.0 cm³/mol. The molecular formula is C18H21N3O. The molecule has 1 aromatic carbocycles. The summed E-state index contributed by atoms with van der Waals surface area (Å²) in [5.74, 6) is 0.996. The summed E-state index contributed by atoms with van der Waals surface area (Å²) in [6.07, 6.45) is 4.02. The summed E-state index contributed by atoms with van der Waals surface area (Å²) in [5.41, 5.74) is 1.97. The monoisotopic (exact) mass is 295 g/mol. The summed E-state index contributed by atoms with van der Waals surface area (Å²) in [6, 6.07) is 14.6. The van der Waals surface area contributed by atoms with Gasteiger partial charge >= 0.3 is 0 Å². The molecule has 0 saturated carbocycles. The van der Waals surface area contributed by atoms with Gasteiger partial charge in [0.2, 0.25) is 0 Å². The lowest BCUT2D eigenvalue weighted by atomic mass is 10.0. The zero-order valence-electron chi connectivity index (χ0n) is 12.7. The van der Waals surface area contributed by atoms with Gasteiger partial charge in [-0.15, -0.1) is 0 Å². The normalized spacial score (nSPS) is 16.5. The van der Waals surface area contributed by atoms with E-state index in [2.05, 4.69) is 22.4 Å². The molecule has 1 fully saturated rings. The first-order valence-corrected chi connectivity index (χ1v) is 7.80. The molecule has 1 aliphatic heterocycles. The van der Waals surface area contributed by atoms with E-state index in [-0.39, 0.29) is 0 Å². The molecule has 0 bridgehead atoms. The minimum atomic E-state index is 0.562. The molecule has 0 aliphatic carbocycles. The van der Waals surface area contributed by atoms with Crippen molar-refractivity contribution in [1.82, 2.24) is 10.2 Å². The highest BCUT2D eigenvalue weighted by atomic mass is 16.3. The summed E-state index contributed by atoms with van der Waals surface area (Å²) in [6.45, 7) is 3.92. The third kappa shape index (κ3) is 3.97. The predicted octanol–water partition coefficient (Wildman–Crippen LogP) is 2.91. The fourth-order valence-electron chi connectivity index (χ4n) is 2.95. The minimum Gasteiger partial charge on any atom is -0.468 e. The van der Waals surface area contributed by atoms with Crippen molar-refractivity contribution in [3.05, 3.63) is 59.5 Å². The van der Waals surface area contributed by atoms with Crippen LogP contribution in [0.3, 0.4) is 0 Å². The van der Waals surface area contributed by atoms with Crippen molar-refractivity contribution in [1.29, 1.82) is 5.26 Å². The van der Waals surface area contributed by atoms with E-state index < -0.39 is 0 Å². The van der Waals surface area contributed by atoms with E-state index in [1.807, 2.05) is 30.3 Å². The van der Waals surface area contributed by atoms with Gasteiger partial charge in [-0.3, -0.25) is 4.90 Å². The average Bonchev–Trinajstić information content (AvgIpc) is 3.08. The third-order valence-electron chi connectivity index (χ3n) is 4.19. The summed E-state index contributed by atoms with van der Waals surface area (Å²) in [4.78, 5) is 2.46. The molecule has 1 aromatic heterocycles. The van der Waals surface area contributed by atoms with Crippen LogP contribution >= 0.6 is 0 Å². The van der Waals surface area contributed by atoms with E-state index in [1.165, 1.54) is 5.56 Å². The van der Waals surface area contributed by atoms with E-state index in [4.69, 9.17) is 9.68 Å². The van der Waals surface area contributed by atoms with Crippen LogP contribution in [0.5, 0.6) is 0 Å². The lowest BCUT2D eigenvalue weighted by Crippen LogP contribution is -2.41. The molecule has 1 aliphatic rings. The van der Waals surface area contributed by atoms with E-state index >= 15 is 0 Å². The molecule has 0 spiro atoms. The van der Waals surface area contributed by atoms with Gasteiger partial charge in [-0.25, -0.2) is 0 Å². The highest BCUT2D eigenvalue weighted by molar-refractivity contribution is 5.32. The molecule has 2 aromatic rings. The number of nitriles is 1. The largest absolute Gasteiger partial charge is 0.468 e. The summed E-state index contributed by atoms with van der Waals surface area (Å²) >= 11 is 0. The van der Waals surface area contributed by atoms with E-state index in [0.29, 0.717) is 6.04 Å². The molecule has 2 heterocycles. The van der Waals surface area contributed by atoms with Crippen molar-refractivity contribution in [3.63, 3.8) is 0 Å². The van der Waals surface area contributed by atoms with Crippen LogP contribution in [-0.4, -0.2) is 24.0 Å². The Morgan fingerprint density at radius 1 is 1.23 bits per heavy atom. The Hall–Kier alpha value is -2.09. The molecular weight excluding hydrogens is 274 g/mol. The lowest BCUT2D eigenvalue weighted by molar-refractivity contribution is 0.188. The Bertz CT molecular complexity index is 622. The number of likely N-dealkylation sites (tertiary alicyclic amines) is 1. The van der Waals surface area contributed by atoms with Gasteiger partial charge in [0, 0.05) is 12.6 Å². The molecule has 0 atom stereocenters. The Kier molecular flexibility index (Phi) is 4.89. The maximum atomic E-state index is 8.96. The average molecular weight is 295 g/mol. The Morgan fingerprint density at radius 2 is 2.09 bits per heavy atom. The molecule has 3 rings (SSSR count). The van der Waals surface area contributed by atoms with Crippen LogP contribution < -0.4 is 5.32 Å². The van der Waals surface area contributed by atoms with Crippen LogP contribution in [0, 0.1) is 11.3 Å². The molecule has 22 heavy (non-hydrogen) atoms. The number of benzene rings is 1. The molecule has 0 radical (unpaired) electrons. The van der Waals surface area contributed by atoms with Gasteiger partial charge in [-0.2, -0.15) is 5.26 Å². The Labute approximate surface area is 131 Å². The zero-order chi connectivity index (χ0) is 15.2. The fraction of sp³-hybridized carbons (Fsp3) is 0.389. The SMILES string of the molecule is N#Cc1cccc(CN2CCC(NCc3ccco3)CC2)c1. The van der Waals surface area contributed by atoms with Crippen LogP contribution in [0.15, 0.2) is 47.1 Å². The molecule has 0 amide bonds.